The summed E-state index contributed by atoms with van der Waals surface area (Å²) in [7, 11) is 0. The molecule has 1 fully saturated rings. The molecule has 1 aliphatic heterocycles. The number of hydrogen-bond donors (Lipinski definition) is 2. The summed E-state index contributed by atoms with van der Waals surface area (Å²) < 4.78 is 34.1. The number of halogens is 2. The molecule has 10 heteroatoms. The SMILES string of the molecule is C#CCOc1cnc(C(=O)Nc2cc(F)c(F)c([C@]3(C)N=C(N)S[C@H]4C[C@H]43)c2)cn1. The van der Waals surface area contributed by atoms with Crippen molar-refractivity contribution < 1.29 is 18.3 Å². The standard InChI is InChI=1S/C20H17F2N5O2S/c1-3-4-29-16-9-24-14(8-25-16)18(28)26-10-5-12(17(22)13(21)6-10)20(2)11-7-15(11)30-19(23)27-20/h1,5-6,8-9,11,15H,4,7H2,2H3,(H2,23,27)(H,26,28)/t11-,15+,20-/m1/s1. The van der Waals surface area contributed by atoms with Crippen LogP contribution in [0, 0.1) is 29.9 Å². The minimum atomic E-state index is -1.09. The third-order valence-electron chi connectivity index (χ3n) is 5.06. The predicted molar refractivity (Wildman–Crippen MR) is 109 cm³/mol. The summed E-state index contributed by atoms with van der Waals surface area (Å²) in [4.78, 5) is 24.8. The smallest absolute Gasteiger partial charge is 0.275 e. The van der Waals surface area contributed by atoms with Gasteiger partial charge in [0.05, 0.1) is 17.9 Å². The number of nitrogens with zero attached hydrogens (tertiary/aromatic N) is 3. The molecule has 2 heterocycles. The first-order valence-corrected chi connectivity index (χ1v) is 9.91. The Kier molecular flexibility index (Phi) is 5.07. The number of amides is 1. The van der Waals surface area contributed by atoms with Crippen molar-refractivity contribution >= 4 is 28.5 Å². The maximum absolute atomic E-state index is 14.7. The van der Waals surface area contributed by atoms with Crippen LogP contribution in [0.2, 0.25) is 0 Å². The van der Waals surface area contributed by atoms with Gasteiger partial charge in [-0.25, -0.2) is 18.7 Å². The summed E-state index contributed by atoms with van der Waals surface area (Å²) in [5.41, 5.74) is 4.98. The van der Waals surface area contributed by atoms with Gasteiger partial charge in [0.25, 0.3) is 5.91 Å². The second-order valence-corrected chi connectivity index (χ2v) is 8.36. The topological polar surface area (TPSA) is 102 Å². The van der Waals surface area contributed by atoms with Crippen LogP contribution in [0.1, 0.15) is 29.4 Å². The third kappa shape index (κ3) is 3.68. The van der Waals surface area contributed by atoms with E-state index in [9.17, 15) is 13.6 Å². The van der Waals surface area contributed by atoms with Crippen LogP contribution in [0.15, 0.2) is 29.5 Å². The fraction of sp³-hybridized carbons (Fsp3) is 0.300. The number of carbonyl (C=O) groups excluding carboxylic acids is 1. The highest BCUT2D eigenvalue weighted by Crippen LogP contribution is 2.57. The van der Waals surface area contributed by atoms with Crippen LogP contribution in [-0.4, -0.2) is 32.9 Å². The number of carbonyl (C=O) groups is 1. The Morgan fingerprint density at radius 1 is 1.43 bits per heavy atom. The molecule has 3 N–H and O–H groups in total. The van der Waals surface area contributed by atoms with E-state index in [1.165, 1.54) is 30.2 Å². The highest BCUT2D eigenvalue weighted by molar-refractivity contribution is 8.14. The van der Waals surface area contributed by atoms with Crippen LogP contribution >= 0.6 is 11.8 Å². The molecule has 0 spiro atoms. The van der Waals surface area contributed by atoms with E-state index in [4.69, 9.17) is 16.9 Å². The molecule has 30 heavy (non-hydrogen) atoms. The number of anilines is 1. The first-order valence-electron chi connectivity index (χ1n) is 9.03. The fourth-order valence-corrected chi connectivity index (χ4v) is 4.78. The zero-order chi connectivity index (χ0) is 21.5. The maximum atomic E-state index is 14.7. The van der Waals surface area contributed by atoms with Gasteiger partial charge in [-0.2, -0.15) is 0 Å². The van der Waals surface area contributed by atoms with Gasteiger partial charge in [0.2, 0.25) is 5.88 Å². The van der Waals surface area contributed by atoms with Gasteiger partial charge in [-0.1, -0.05) is 17.7 Å². The van der Waals surface area contributed by atoms with Gasteiger partial charge in [-0.05, 0) is 19.4 Å². The molecule has 7 nitrogen and oxygen atoms in total. The van der Waals surface area contributed by atoms with E-state index in [0.717, 1.165) is 12.5 Å². The van der Waals surface area contributed by atoms with Gasteiger partial charge in [-0.15, -0.1) is 6.42 Å². The number of nitrogens with two attached hydrogens (primary N) is 1. The molecule has 2 aromatic rings. The average molecular weight is 429 g/mol. The highest BCUT2D eigenvalue weighted by atomic mass is 32.2. The number of ether oxygens (including phenoxy) is 1. The largest absolute Gasteiger partial charge is 0.463 e. The predicted octanol–water partition coefficient (Wildman–Crippen LogP) is 2.68. The Bertz CT molecular complexity index is 1090. The molecule has 0 saturated heterocycles. The van der Waals surface area contributed by atoms with Crippen molar-refractivity contribution in [1.82, 2.24) is 9.97 Å². The number of aliphatic imine (C=N–C) groups is 1. The van der Waals surface area contributed by atoms with E-state index in [0.29, 0.717) is 5.17 Å². The number of aromatic nitrogens is 2. The van der Waals surface area contributed by atoms with Crippen LogP contribution in [0.5, 0.6) is 5.88 Å². The molecule has 4 rings (SSSR count). The third-order valence-corrected chi connectivity index (χ3v) is 6.22. The maximum Gasteiger partial charge on any atom is 0.275 e. The minimum Gasteiger partial charge on any atom is -0.463 e. The molecule has 154 valence electrons. The lowest BCUT2D eigenvalue weighted by atomic mass is 9.86. The number of benzene rings is 1. The molecule has 0 radical (unpaired) electrons. The average Bonchev–Trinajstić information content (AvgIpc) is 3.49. The zero-order valence-corrected chi connectivity index (χ0v) is 16.7. The number of thioether (sulfide) groups is 1. The summed E-state index contributed by atoms with van der Waals surface area (Å²) in [6.45, 7) is 1.75. The monoisotopic (exact) mass is 429 g/mol. The van der Waals surface area contributed by atoms with Crippen LogP contribution in [-0.2, 0) is 5.54 Å². The van der Waals surface area contributed by atoms with Gasteiger partial charge in [0, 0.05) is 28.5 Å². The molecule has 3 atom stereocenters. The Labute approximate surface area is 175 Å². The van der Waals surface area contributed by atoms with Crippen molar-refractivity contribution in [2.45, 2.75) is 24.1 Å². The summed E-state index contributed by atoms with van der Waals surface area (Å²) >= 11 is 1.45. The molecule has 1 aliphatic carbocycles. The van der Waals surface area contributed by atoms with Crippen LogP contribution in [0.25, 0.3) is 0 Å². The van der Waals surface area contributed by atoms with Gasteiger partial charge in [0.1, 0.15) is 5.69 Å². The number of rotatable bonds is 5. The van der Waals surface area contributed by atoms with Crippen molar-refractivity contribution in [3.8, 4) is 18.2 Å². The number of nitrogens with one attached hydrogen (secondary N) is 1. The minimum absolute atomic E-state index is 0.0178. The number of hydrogen-bond acceptors (Lipinski definition) is 7. The van der Waals surface area contributed by atoms with Gasteiger partial charge in [-0.3, -0.25) is 9.79 Å². The van der Waals surface area contributed by atoms with Crippen LogP contribution < -0.4 is 15.8 Å². The molecule has 0 unspecified atom stereocenters. The van der Waals surface area contributed by atoms with E-state index in [2.05, 4.69) is 26.2 Å². The van der Waals surface area contributed by atoms with Gasteiger partial charge in [0.15, 0.2) is 23.4 Å². The lowest BCUT2D eigenvalue weighted by molar-refractivity contribution is 0.102. The van der Waals surface area contributed by atoms with Crippen molar-refractivity contribution in [2.24, 2.45) is 16.6 Å². The second kappa shape index (κ2) is 7.57. The van der Waals surface area contributed by atoms with E-state index >= 15 is 0 Å². The van der Waals surface area contributed by atoms with E-state index in [1.807, 2.05) is 0 Å². The highest BCUT2D eigenvalue weighted by Gasteiger charge is 2.56. The molecule has 0 bridgehead atoms. The second-order valence-electron chi connectivity index (χ2n) is 7.10. The Balaban J connectivity index is 1.59. The van der Waals surface area contributed by atoms with E-state index in [-0.39, 0.29) is 40.6 Å². The van der Waals surface area contributed by atoms with Crippen molar-refractivity contribution in [2.75, 3.05) is 11.9 Å². The summed E-state index contributed by atoms with van der Waals surface area (Å²) in [5.74, 6) is -0.223. The van der Waals surface area contributed by atoms with E-state index in [1.54, 1.807) is 6.92 Å². The van der Waals surface area contributed by atoms with Gasteiger partial charge >= 0.3 is 0 Å². The van der Waals surface area contributed by atoms with Crippen LogP contribution in [0.3, 0.4) is 0 Å². The van der Waals surface area contributed by atoms with Crippen molar-refractivity contribution in [3.05, 3.63) is 47.4 Å². The Morgan fingerprint density at radius 2 is 2.23 bits per heavy atom. The van der Waals surface area contributed by atoms with Crippen molar-refractivity contribution in [1.29, 1.82) is 0 Å². The number of terminal acetylenes is 1. The first-order chi connectivity index (χ1) is 14.3. The van der Waals surface area contributed by atoms with Gasteiger partial charge < -0.3 is 15.8 Å². The Morgan fingerprint density at radius 3 is 2.93 bits per heavy atom. The first kappa shape index (κ1) is 20.1. The van der Waals surface area contributed by atoms with Crippen molar-refractivity contribution in [3.63, 3.8) is 0 Å². The molecule has 1 aromatic heterocycles. The number of fused-ring (bicyclic) bond motifs is 1. The molecule has 2 aliphatic rings. The quantitative estimate of drug-likeness (QED) is 0.709. The molecule has 1 aromatic carbocycles. The molecule has 1 amide bonds. The molecular weight excluding hydrogens is 412 g/mol. The Hall–Kier alpha value is -3.19. The van der Waals surface area contributed by atoms with E-state index < -0.39 is 23.1 Å². The molecule has 1 saturated carbocycles. The summed E-state index contributed by atoms with van der Waals surface area (Å²) in [5, 5.41) is 3.09. The molecular formula is C20H17F2N5O2S. The van der Waals surface area contributed by atoms with Crippen LogP contribution in [0.4, 0.5) is 14.5 Å². The summed E-state index contributed by atoms with van der Waals surface area (Å²) in [6.07, 6.45) is 8.35. The lowest BCUT2D eigenvalue weighted by Crippen LogP contribution is -2.32. The lowest BCUT2D eigenvalue weighted by Gasteiger charge is -2.30. The zero-order valence-electron chi connectivity index (χ0n) is 15.9. The number of amidine groups is 1. The fourth-order valence-electron chi connectivity index (χ4n) is 3.49. The summed E-state index contributed by atoms with van der Waals surface area (Å²) in [6, 6.07) is 2.29. The normalized spacial score (nSPS) is 24.3.